The van der Waals surface area contributed by atoms with E-state index >= 15 is 0 Å². The van der Waals surface area contributed by atoms with Crippen LogP contribution in [0.2, 0.25) is 0 Å². The number of benzene rings is 2. The van der Waals surface area contributed by atoms with Gasteiger partial charge < -0.3 is 4.90 Å². The third kappa shape index (κ3) is 5.95. The summed E-state index contributed by atoms with van der Waals surface area (Å²) in [6.07, 6.45) is 4.79. The standard InChI is InChI=1S/C25H34N2O3S/c1-20-17-21(2)25(22(3)18-20)31(29,30)27(16-13-23-11-7-6-8-12-23)19-24(28)26-14-9-4-5-10-15-26/h6-8,11-12,17-18H,4-5,9-10,13-16,19H2,1-3H3. The zero-order valence-corrected chi connectivity index (χ0v) is 19.7. The van der Waals surface area contributed by atoms with Gasteiger partial charge in [-0.15, -0.1) is 0 Å². The lowest BCUT2D eigenvalue weighted by Crippen LogP contribution is -2.44. The molecular formula is C25H34N2O3S. The average molecular weight is 443 g/mol. The molecule has 0 radical (unpaired) electrons. The molecule has 0 N–H and O–H groups in total. The molecule has 1 aliphatic rings. The molecule has 1 saturated heterocycles. The van der Waals surface area contributed by atoms with Crippen LogP contribution in [0.15, 0.2) is 47.4 Å². The van der Waals surface area contributed by atoms with Crippen molar-refractivity contribution in [3.63, 3.8) is 0 Å². The number of carbonyl (C=O) groups is 1. The molecule has 1 amide bonds. The van der Waals surface area contributed by atoms with Gasteiger partial charge in [-0.2, -0.15) is 4.31 Å². The van der Waals surface area contributed by atoms with Gasteiger partial charge in [0.05, 0.1) is 11.4 Å². The SMILES string of the molecule is Cc1cc(C)c(S(=O)(=O)N(CCc2ccccc2)CC(=O)N2CCCCCC2)c(C)c1. The van der Waals surface area contributed by atoms with Gasteiger partial charge in [0.25, 0.3) is 0 Å². The lowest BCUT2D eigenvalue weighted by Gasteiger charge is -2.27. The molecule has 0 bridgehead atoms. The summed E-state index contributed by atoms with van der Waals surface area (Å²) in [7, 11) is -3.81. The maximum absolute atomic E-state index is 13.7. The van der Waals surface area contributed by atoms with E-state index in [0.29, 0.717) is 24.4 Å². The first kappa shape index (κ1) is 23.5. The van der Waals surface area contributed by atoms with Crippen LogP contribution in [0, 0.1) is 20.8 Å². The quantitative estimate of drug-likeness (QED) is 0.644. The summed E-state index contributed by atoms with van der Waals surface area (Å²) < 4.78 is 28.9. The lowest BCUT2D eigenvalue weighted by molar-refractivity contribution is -0.131. The minimum atomic E-state index is -3.81. The Bertz CT molecular complexity index is 972. The summed E-state index contributed by atoms with van der Waals surface area (Å²) >= 11 is 0. The van der Waals surface area contributed by atoms with Gasteiger partial charge >= 0.3 is 0 Å². The van der Waals surface area contributed by atoms with Crippen LogP contribution in [0.3, 0.4) is 0 Å². The van der Waals surface area contributed by atoms with Crippen molar-refractivity contribution in [2.24, 2.45) is 0 Å². The highest BCUT2D eigenvalue weighted by Crippen LogP contribution is 2.26. The molecule has 0 unspecified atom stereocenters. The molecular weight excluding hydrogens is 408 g/mol. The van der Waals surface area contributed by atoms with Gasteiger partial charge in [0.2, 0.25) is 15.9 Å². The number of carbonyl (C=O) groups excluding carboxylic acids is 1. The van der Waals surface area contributed by atoms with E-state index in [4.69, 9.17) is 0 Å². The molecule has 2 aromatic rings. The van der Waals surface area contributed by atoms with Crippen LogP contribution in [0.5, 0.6) is 0 Å². The van der Waals surface area contributed by atoms with Crippen LogP contribution < -0.4 is 0 Å². The zero-order valence-electron chi connectivity index (χ0n) is 18.9. The van der Waals surface area contributed by atoms with Gasteiger partial charge in [0, 0.05) is 19.6 Å². The molecule has 1 aliphatic heterocycles. The second-order valence-electron chi connectivity index (χ2n) is 8.60. The summed E-state index contributed by atoms with van der Waals surface area (Å²) in [5.74, 6) is -0.0963. The minimum absolute atomic E-state index is 0.0963. The van der Waals surface area contributed by atoms with Gasteiger partial charge in [-0.25, -0.2) is 8.42 Å². The molecule has 0 atom stereocenters. The number of sulfonamides is 1. The van der Waals surface area contributed by atoms with E-state index in [1.54, 1.807) is 0 Å². The number of hydrogen-bond acceptors (Lipinski definition) is 3. The minimum Gasteiger partial charge on any atom is -0.342 e. The molecule has 0 aliphatic carbocycles. The van der Waals surface area contributed by atoms with Crippen LogP contribution in [-0.2, 0) is 21.2 Å². The highest BCUT2D eigenvalue weighted by Gasteiger charge is 2.31. The van der Waals surface area contributed by atoms with Crippen molar-refractivity contribution in [3.05, 3.63) is 64.7 Å². The molecule has 31 heavy (non-hydrogen) atoms. The van der Waals surface area contributed by atoms with E-state index in [2.05, 4.69) is 0 Å². The highest BCUT2D eigenvalue weighted by molar-refractivity contribution is 7.89. The molecule has 1 fully saturated rings. The Hall–Kier alpha value is -2.18. The summed E-state index contributed by atoms with van der Waals surface area (Å²) in [5.41, 5.74) is 3.54. The summed E-state index contributed by atoms with van der Waals surface area (Å²) in [4.78, 5) is 15.3. The monoisotopic (exact) mass is 442 g/mol. The first-order chi connectivity index (χ1) is 14.8. The van der Waals surface area contributed by atoms with Gasteiger partial charge in [-0.3, -0.25) is 4.79 Å². The second kappa shape index (κ2) is 10.4. The Labute approximate surface area is 187 Å². The van der Waals surface area contributed by atoms with Crippen molar-refractivity contribution >= 4 is 15.9 Å². The molecule has 2 aromatic carbocycles. The van der Waals surface area contributed by atoms with E-state index in [1.165, 1.54) is 4.31 Å². The van der Waals surface area contributed by atoms with Gasteiger partial charge in [-0.05, 0) is 56.7 Å². The molecule has 0 aromatic heterocycles. The molecule has 5 nitrogen and oxygen atoms in total. The fourth-order valence-electron chi connectivity index (χ4n) is 4.46. The second-order valence-corrected chi connectivity index (χ2v) is 10.5. The largest absolute Gasteiger partial charge is 0.342 e. The van der Waals surface area contributed by atoms with Crippen molar-refractivity contribution in [1.82, 2.24) is 9.21 Å². The van der Waals surface area contributed by atoms with Crippen molar-refractivity contribution in [3.8, 4) is 0 Å². The maximum atomic E-state index is 13.7. The number of aryl methyl sites for hydroxylation is 3. The smallest absolute Gasteiger partial charge is 0.244 e. The van der Waals surface area contributed by atoms with Crippen LogP contribution in [0.4, 0.5) is 0 Å². The van der Waals surface area contributed by atoms with Crippen LogP contribution in [0.25, 0.3) is 0 Å². The van der Waals surface area contributed by atoms with Crippen molar-refractivity contribution < 1.29 is 13.2 Å². The first-order valence-electron chi connectivity index (χ1n) is 11.2. The molecule has 3 rings (SSSR count). The first-order valence-corrected chi connectivity index (χ1v) is 12.6. The Morgan fingerprint density at radius 2 is 1.52 bits per heavy atom. The van der Waals surface area contributed by atoms with Gasteiger partial charge in [-0.1, -0.05) is 60.9 Å². The number of likely N-dealkylation sites (tertiary alicyclic amines) is 1. The van der Waals surface area contributed by atoms with Crippen molar-refractivity contribution in [2.75, 3.05) is 26.2 Å². The van der Waals surface area contributed by atoms with E-state index in [1.807, 2.05) is 68.1 Å². The topological polar surface area (TPSA) is 57.7 Å². The molecule has 1 heterocycles. The van der Waals surface area contributed by atoms with Crippen LogP contribution in [0.1, 0.15) is 47.9 Å². The number of hydrogen-bond donors (Lipinski definition) is 0. The van der Waals surface area contributed by atoms with E-state index in [-0.39, 0.29) is 19.0 Å². The van der Waals surface area contributed by atoms with Gasteiger partial charge in [0.15, 0.2) is 0 Å². The van der Waals surface area contributed by atoms with Gasteiger partial charge in [0.1, 0.15) is 0 Å². The van der Waals surface area contributed by atoms with Crippen LogP contribution in [-0.4, -0.2) is 49.7 Å². The highest BCUT2D eigenvalue weighted by atomic mass is 32.2. The Morgan fingerprint density at radius 3 is 2.10 bits per heavy atom. The fraction of sp³-hybridized carbons (Fsp3) is 0.480. The van der Waals surface area contributed by atoms with E-state index < -0.39 is 10.0 Å². The van der Waals surface area contributed by atoms with Crippen molar-refractivity contribution in [2.45, 2.75) is 57.8 Å². The summed E-state index contributed by atoms with van der Waals surface area (Å²) in [6, 6.07) is 13.6. The Morgan fingerprint density at radius 1 is 0.935 bits per heavy atom. The average Bonchev–Trinajstić information content (AvgIpc) is 3.00. The number of amides is 1. The van der Waals surface area contributed by atoms with Crippen LogP contribution >= 0.6 is 0 Å². The Kier molecular flexibility index (Phi) is 7.89. The predicted molar refractivity (Wildman–Crippen MR) is 125 cm³/mol. The fourth-order valence-corrected chi connectivity index (χ4v) is 6.26. The lowest BCUT2D eigenvalue weighted by atomic mass is 10.1. The Balaban J connectivity index is 1.89. The number of rotatable bonds is 7. The molecule has 6 heteroatoms. The number of nitrogens with zero attached hydrogens (tertiary/aromatic N) is 2. The summed E-state index contributed by atoms with van der Waals surface area (Å²) in [5, 5.41) is 0. The van der Waals surface area contributed by atoms with Crippen molar-refractivity contribution in [1.29, 1.82) is 0 Å². The zero-order chi connectivity index (χ0) is 22.4. The normalized spacial score (nSPS) is 15.2. The van der Waals surface area contributed by atoms with E-state index in [0.717, 1.165) is 47.9 Å². The van der Waals surface area contributed by atoms with E-state index in [9.17, 15) is 13.2 Å². The predicted octanol–water partition coefficient (Wildman–Crippen LogP) is 4.25. The molecule has 0 saturated carbocycles. The molecule has 168 valence electrons. The third-order valence-corrected chi connectivity index (χ3v) is 8.12. The summed E-state index contributed by atoms with van der Waals surface area (Å²) in [6.45, 7) is 7.23. The third-order valence-electron chi connectivity index (χ3n) is 5.97. The maximum Gasteiger partial charge on any atom is 0.244 e. The molecule has 0 spiro atoms.